The predicted molar refractivity (Wildman–Crippen MR) is 78.1 cm³/mol. The van der Waals surface area contributed by atoms with E-state index in [0.717, 1.165) is 0 Å². The van der Waals surface area contributed by atoms with Crippen molar-refractivity contribution in [2.75, 3.05) is 26.4 Å². The van der Waals surface area contributed by atoms with E-state index in [2.05, 4.69) is 0 Å². The molecule has 0 aromatic heterocycles. The van der Waals surface area contributed by atoms with E-state index < -0.39 is 74.3 Å². The summed E-state index contributed by atoms with van der Waals surface area (Å²) < 4.78 is 15.6. The lowest BCUT2D eigenvalue weighted by molar-refractivity contribution is -0.282. The highest BCUT2D eigenvalue weighted by atomic mass is 16.6. The fourth-order valence-corrected chi connectivity index (χ4v) is 3.02. The summed E-state index contributed by atoms with van der Waals surface area (Å²) in [5, 5.41) is 76.7. The highest BCUT2D eigenvalue weighted by Crippen LogP contribution is 2.26. The van der Waals surface area contributed by atoms with Crippen LogP contribution in [-0.4, -0.2) is 122 Å². The van der Waals surface area contributed by atoms with E-state index in [4.69, 9.17) is 19.3 Å². The van der Waals surface area contributed by atoms with Crippen LogP contribution in [0.5, 0.6) is 0 Å². The summed E-state index contributed by atoms with van der Waals surface area (Å²) >= 11 is 0. The van der Waals surface area contributed by atoms with Crippen LogP contribution in [0.4, 0.5) is 0 Å². The Kier molecular flexibility index (Phi) is 7.49. The van der Waals surface area contributed by atoms with Gasteiger partial charge in [0.15, 0.2) is 6.29 Å². The van der Waals surface area contributed by atoms with Crippen LogP contribution in [0.15, 0.2) is 0 Å². The van der Waals surface area contributed by atoms with Crippen molar-refractivity contribution in [3.63, 3.8) is 0 Å². The van der Waals surface area contributed by atoms with Gasteiger partial charge in [-0.25, -0.2) is 0 Å². The number of hydrogen-bond donors (Lipinski definition) is 8. The minimum Gasteiger partial charge on any atom is -0.394 e. The molecule has 2 fully saturated rings. The zero-order valence-electron chi connectivity index (χ0n) is 13.4. The molecular weight excluding hydrogens is 344 g/mol. The standard InChI is InChI=1S/C14H26O11/c15-1-6-5(9(17)13(21)14(22)25-6)3-23-4-8-11(19)12(20)10(18)7(2-16)24-8/h5-22H,1-4H2/t5-,6?,7?,8+,9?,10-,11?,12?,13?,14-/m1/s1. The third kappa shape index (κ3) is 4.46. The molecule has 0 aliphatic carbocycles. The molecule has 0 saturated carbocycles. The van der Waals surface area contributed by atoms with Crippen LogP contribution < -0.4 is 0 Å². The van der Waals surface area contributed by atoms with Gasteiger partial charge in [-0.15, -0.1) is 0 Å². The second-order valence-electron chi connectivity index (χ2n) is 6.30. The molecule has 0 aromatic rings. The van der Waals surface area contributed by atoms with E-state index in [1.807, 2.05) is 0 Å². The third-order valence-electron chi connectivity index (χ3n) is 4.64. The maximum absolute atomic E-state index is 9.99. The lowest BCUT2D eigenvalue weighted by atomic mass is 9.90. The Balaban J connectivity index is 1.90. The van der Waals surface area contributed by atoms with Crippen LogP contribution in [0.1, 0.15) is 0 Å². The van der Waals surface area contributed by atoms with Crippen molar-refractivity contribution in [3.8, 4) is 0 Å². The Morgan fingerprint density at radius 3 is 1.80 bits per heavy atom. The van der Waals surface area contributed by atoms with E-state index in [-0.39, 0.29) is 13.2 Å². The first-order valence-electron chi connectivity index (χ1n) is 8.00. The van der Waals surface area contributed by atoms with Gasteiger partial charge in [-0.2, -0.15) is 0 Å². The molecule has 0 aromatic carbocycles. The van der Waals surface area contributed by atoms with Gasteiger partial charge >= 0.3 is 0 Å². The van der Waals surface area contributed by atoms with Crippen molar-refractivity contribution >= 4 is 0 Å². The van der Waals surface area contributed by atoms with Gasteiger partial charge in [0.2, 0.25) is 0 Å². The Labute approximate surface area is 143 Å². The summed E-state index contributed by atoms with van der Waals surface area (Å²) in [5.74, 6) is -0.853. The molecule has 25 heavy (non-hydrogen) atoms. The smallest absolute Gasteiger partial charge is 0.183 e. The van der Waals surface area contributed by atoms with Gasteiger partial charge in [-0.05, 0) is 0 Å². The van der Waals surface area contributed by atoms with E-state index in [1.165, 1.54) is 0 Å². The van der Waals surface area contributed by atoms with Crippen LogP contribution in [0, 0.1) is 5.92 Å². The SMILES string of the molecule is OCC1O[C@@H](COC[C@@H]2C(CO)O[C@@H](O)C(O)C2O)C(O)C(O)[C@@H]1O. The van der Waals surface area contributed by atoms with Gasteiger partial charge in [-0.1, -0.05) is 0 Å². The number of aliphatic hydroxyl groups is 8. The van der Waals surface area contributed by atoms with Gasteiger partial charge in [0, 0.05) is 5.92 Å². The number of aliphatic hydroxyl groups excluding tert-OH is 8. The first-order chi connectivity index (χ1) is 11.8. The Morgan fingerprint density at radius 1 is 0.600 bits per heavy atom. The van der Waals surface area contributed by atoms with Crippen LogP contribution >= 0.6 is 0 Å². The maximum Gasteiger partial charge on any atom is 0.183 e. The molecule has 11 heteroatoms. The molecule has 2 aliphatic heterocycles. The molecule has 2 aliphatic rings. The first-order valence-corrected chi connectivity index (χ1v) is 8.00. The quantitative estimate of drug-likeness (QED) is 0.223. The minimum atomic E-state index is -1.63. The maximum atomic E-state index is 9.99. The molecule has 6 unspecified atom stereocenters. The third-order valence-corrected chi connectivity index (χ3v) is 4.64. The van der Waals surface area contributed by atoms with Crippen molar-refractivity contribution in [2.24, 2.45) is 5.92 Å². The van der Waals surface area contributed by atoms with Gasteiger partial charge in [0.25, 0.3) is 0 Å². The second-order valence-corrected chi connectivity index (χ2v) is 6.30. The van der Waals surface area contributed by atoms with Crippen molar-refractivity contribution in [2.45, 2.75) is 55.1 Å². The average Bonchev–Trinajstić information content (AvgIpc) is 2.61. The monoisotopic (exact) mass is 370 g/mol. The number of rotatable bonds is 6. The van der Waals surface area contributed by atoms with Crippen molar-refractivity contribution < 1.29 is 55.1 Å². The summed E-state index contributed by atoms with van der Waals surface area (Å²) in [6, 6.07) is 0. The topological polar surface area (TPSA) is 190 Å². The molecule has 0 spiro atoms. The molecule has 148 valence electrons. The van der Waals surface area contributed by atoms with Crippen LogP contribution in [-0.2, 0) is 14.2 Å². The van der Waals surface area contributed by atoms with E-state index in [1.54, 1.807) is 0 Å². The molecule has 0 amide bonds. The number of ether oxygens (including phenoxy) is 3. The normalized spacial score (nSPS) is 48.5. The van der Waals surface area contributed by atoms with Crippen LogP contribution in [0.2, 0.25) is 0 Å². The van der Waals surface area contributed by atoms with Gasteiger partial charge in [-0.3, -0.25) is 0 Å². The lowest BCUT2D eigenvalue weighted by Gasteiger charge is -2.41. The largest absolute Gasteiger partial charge is 0.394 e. The first kappa shape index (κ1) is 20.9. The fraction of sp³-hybridized carbons (Fsp3) is 1.00. The Morgan fingerprint density at radius 2 is 1.20 bits per heavy atom. The van der Waals surface area contributed by atoms with Gasteiger partial charge in [0.05, 0.1) is 38.6 Å². The molecule has 0 radical (unpaired) electrons. The van der Waals surface area contributed by atoms with Crippen molar-refractivity contribution in [1.29, 1.82) is 0 Å². The van der Waals surface area contributed by atoms with E-state index in [0.29, 0.717) is 0 Å². The van der Waals surface area contributed by atoms with Gasteiger partial charge in [0.1, 0.15) is 36.6 Å². The molecule has 2 rings (SSSR count). The molecule has 2 heterocycles. The fourth-order valence-electron chi connectivity index (χ4n) is 3.02. The zero-order valence-corrected chi connectivity index (χ0v) is 13.4. The Hall–Kier alpha value is -0.440. The minimum absolute atomic E-state index is 0.203. The predicted octanol–water partition coefficient (Wildman–Crippen LogP) is -5.11. The average molecular weight is 370 g/mol. The molecule has 0 bridgehead atoms. The van der Waals surface area contributed by atoms with Crippen molar-refractivity contribution in [3.05, 3.63) is 0 Å². The van der Waals surface area contributed by atoms with Crippen LogP contribution in [0.3, 0.4) is 0 Å². The van der Waals surface area contributed by atoms with E-state index in [9.17, 15) is 35.7 Å². The highest BCUT2D eigenvalue weighted by Gasteiger charge is 2.45. The molecule has 10 atom stereocenters. The molecular formula is C14H26O11. The van der Waals surface area contributed by atoms with Gasteiger partial charge < -0.3 is 55.1 Å². The Bertz CT molecular complexity index is 406. The molecule has 8 N–H and O–H groups in total. The van der Waals surface area contributed by atoms with E-state index >= 15 is 0 Å². The van der Waals surface area contributed by atoms with Crippen LogP contribution in [0.25, 0.3) is 0 Å². The lowest BCUT2D eigenvalue weighted by Crippen LogP contribution is -2.60. The number of hydrogen-bond acceptors (Lipinski definition) is 11. The summed E-state index contributed by atoms with van der Waals surface area (Å²) in [4.78, 5) is 0. The zero-order chi connectivity index (χ0) is 18.7. The highest BCUT2D eigenvalue weighted by molar-refractivity contribution is 4.92. The van der Waals surface area contributed by atoms with Crippen molar-refractivity contribution in [1.82, 2.24) is 0 Å². The second kappa shape index (κ2) is 8.97. The summed E-state index contributed by atoms with van der Waals surface area (Å²) in [6.07, 6.45) is -12.1. The summed E-state index contributed by atoms with van der Waals surface area (Å²) in [6.45, 7) is -1.53. The molecule has 2 saturated heterocycles. The summed E-state index contributed by atoms with van der Waals surface area (Å²) in [5.41, 5.74) is 0. The summed E-state index contributed by atoms with van der Waals surface area (Å²) in [7, 11) is 0. The molecule has 11 nitrogen and oxygen atoms in total.